The molecule has 6 heteroatoms. The van der Waals surface area contributed by atoms with E-state index >= 15 is 0 Å². The molecule has 0 bridgehead atoms. The molecule has 0 aliphatic heterocycles. The van der Waals surface area contributed by atoms with Gasteiger partial charge in [-0.3, -0.25) is 4.31 Å². The average molecular weight is 297 g/mol. The van der Waals surface area contributed by atoms with E-state index in [0.29, 0.717) is 11.3 Å². The van der Waals surface area contributed by atoms with Crippen LogP contribution >= 0.6 is 0 Å². The molecule has 2 aromatic carbocycles. The summed E-state index contributed by atoms with van der Waals surface area (Å²) in [6, 6.07) is 10.7. The smallest absolute Gasteiger partial charge is 0.232 e. The summed E-state index contributed by atoms with van der Waals surface area (Å²) in [5.41, 5.74) is 0.999. The van der Waals surface area contributed by atoms with Crippen molar-refractivity contribution in [3.8, 4) is 0 Å². The van der Waals surface area contributed by atoms with Crippen LogP contribution < -0.4 is 4.31 Å². The maximum atomic E-state index is 12.9. The number of hydrogen-bond donors (Lipinski definition) is 0. The Kier molecular flexibility index (Phi) is 4.04. The third-order valence-electron chi connectivity index (χ3n) is 2.75. The van der Waals surface area contributed by atoms with Gasteiger partial charge in [-0.2, -0.15) is 0 Å². The van der Waals surface area contributed by atoms with Crippen molar-refractivity contribution in [2.45, 2.75) is 6.54 Å². The molecule has 0 saturated carbocycles. The SMILES string of the molecule is CS(=O)(=O)N(Cc1ccc(F)cc1)c1ccc(F)cc1. The summed E-state index contributed by atoms with van der Waals surface area (Å²) in [7, 11) is -3.52. The van der Waals surface area contributed by atoms with Crippen molar-refractivity contribution >= 4 is 15.7 Å². The van der Waals surface area contributed by atoms with Gasteiger partial charge >= 0.3 is 0 Å². The average Bonchev–Trinajstić information content (AvgIpc) is 2.38. The highest BCUT2D eigenvalue weighted by atomic mass is 32.2. The number of sulfonamides is 1. The summed E-state index contributed by atoms with van der Waals surface area (Å²) in [5.74, 6) is -0.828. The molecule has 0 N–H and O–H groups in total. The van der Waals surface area contributed by atoms with Crippen LogP contribution in [-0.2, 0) is 16.6 Å². The minimum atomic E-state index is -3.52. The van der Waals surface area contributed by atoms with Gasteiger partial charge in [0.2, 0.25) is 10.0 Å². The lowest BCUT2D eigenvalue weighted by atomic mass is 10.2. The molecule has 2 aromatic rings. The molecule has 2 rings (SSSR count). The standard InChI is InChI=1S/C14H13F2NO2S/c1-20(18,19)17(14-8-6-13(16)7-9-14)10-11-2-4-12(15)5-3-11/h2-9H,10H2,1H3. The van der Waals surface area contributed by atoms with E-state index < -0.39 is 15.8 Å². The quantitative estimate of drug-likeness (QED) is 0.870. The molecular weight excluding hydrogens is 284 g/mol. The highest BCUT2D eigenvalue weighted by Crippen LogP contribution is 2.21. The molecule has 0 aliphatic carbocycles. The molecule has 0 aliphatic rings. The van der Waals surface area contributed by atoms with Crippen LogP contribution in [0.25, 0.3) is 0 Å². The summed E-state index contributed by atoms with van der Waals surface area (Å²) in [4.78, 5) is 0. The van der Waals surface area contributed by atoms with Gasteiger partial charge in [-0.15, -0.1) is 0 Å². The van der Waals surface area contributed by atoms with Gasteiger partial charge in [0.05, 0.1) is 18.5 Å². The monoisotopic (exact) mass is 297 g/mol. The second kappa shape index (κ2) is 5.58. The molecule has 0 fully saturated rings. The van der Waals surface area contributed by atoms with Crippen LogP contribution in [0.2, 0.25) is 0 Å². The van der Waals surface area contributed by atoms with Crippen molar-refractivity contribution in [2.75, 3.05) is 10.6 Å². The molecule has 0 spiro atoms. The summed E-state index contributed by atoms with van der Waals surface area (Å²) >= 11 is 0. The molecule has 0 amide bonds. The second-order valence-corrected chi connectivity index (χ2v) is 6.28. The minimum Gasteiger partial charge on any atom is -0.266 e. The largest absolute Gasteiger partial charge is 0.266 e. The number of nitrogens with zero attached hydrogens (tertiary/aromatic N) is 1. The number of anilines is 1. The fraction of sp³-hybridized carbons (Fsp3) is 0.143. The van der Waals surface area contributed by atoms with Gasteiger partial charge in [-0.25, -0.2) is 17.2 Å². The van der Waals surface area contributed by atoms with Crippen LogP contribution in [-0.4, -0.2) is 14.7 Å². The molecule has 0 saturated heterocycles. The molecule has 20 heavy (non-hydrogen) atoms. The van der Waals surface area contributed by atoms with Crippen molar-refractivity contribution in [1.82, 2.24) is 0 Å². The van der Waals surface area contributed by atoms with Crippen LogP contribution in [0, 0.1) is 11.6 Å². The summed E-state index contributed by atoms with van der Waals surface area (Å²) in [5, 5.41) is 0. The van der Waals surface area contributed by atoms with Crippen LogP contribution in [0.3, 0.4) is 0 Å². The zero-order chi connectivity index (χ0) is 14.8. The molecule has 0 heterocycles. The van der Waals surface area contributed by atoms with E-state index in [-0.39, 0.29) is 12.4 Å². The van der Waals surface area contributed by atoms with Gasteiger partial charge < -0.3 is 0 Å². The molecular formula is C14H13F2NO2S. The first-order valence-corrected chi connectivity index (χ1v) is 7.69. The van der Waals surface area contributed by atoms with E-state index in [9.17, 15) is 17.2 Å². The van der Waals surface area contributed by atoms with Gasteiger partial charge in [0.25, 0.3) is 0 Å². The predicted octanol–water partition coefficient (Wildman–Crippen LogP) is 2.93. The Morgan fingerprint density at radius 1 is 0.900 bits per heavy atom. The van der Waals surface area contributed by atoms with E-state index in [1.807, 2.05) is 0 Å². The van der Waals surface area contributed by atoms with Crippen molar-refractivity contribution in [3.05, 3.63) is 65.7 Å². The van der Waals surface area contributed by atoms with Crippen LogP contribution in [0.1, 0.15) is 5.56 Å². The van der Waals surface area contributed by atoms with E-state index in [1.165, 1.54) is 48.5 Å². The lowest BCUT2D eigenvalue weighted by Crippen LogP contribution is -2.29. The molecule has 0 unspecified atom stereocenters. The normalized spacial score (nSPS) is 11.3. The van der Waals surface area contributed by atoms with Gasteiger partial charge in [0, 0.05) is 0 Å². The van der Waals surface area contributed by atoms with Crippen molar-refractivity contribution in [1.29, 1.82) is 0 Å². The first kappa shape index (κ1) is 14.5. The molecule has 0 aromatic heterocycles. The van der Waals surface area contributed by atoms with Crippen molar-refractivity contribution in [2.24, 2.45) is 0 Å². The van der Waals surface area contributed by atoms with E-state index in [0.717, 1.165) is 10.6 Å². The fourth-order valence-electron chi connectivity index (χ4n) is 1.76. The highest BCUT2D eigenvalue weighted by molar-refractivity contribution is 7.92. The number of hydrogen-bond acceptors (Lipinski definition) is 2. The third-order valence-corrected chi connectivity index (χ3v) is 3.89. The van der Waals surface area contributed by atoms with E-state index in [1.54, 1.807) is 0 Å². The topological polar surface area (TPSA) is 37.4 Å². The Morgan fingerprint density at radius 3 is 1.80 bits per heavy atom. The van der Waals surface area contributed by atoms with Gasteiger partial charge in [-0.05, 0) is 42.0 Å². The fourth-order valence-corrected chi connectivity index (χ4v) is 2.65. The third kappa shape index (κ3) is 3.54. The second-order valence-electron chi connectivity index (χ2n) is 4.37. The zero-order valence-corrected chi connectivity index (χ0v) is 11.6. The first-order valence-electron chi connectivity index (χ1n) is 5.84. The minimum absolute atomic E-state index is 0.0603. The van der Waals surface area contributed by atoms with Crippen LogP contribution in [0.15, 0.2) is 48.5 Å². The maximum Gasteiger partial charge on any atom is 0.232 e. The van der Waals surface area contributed by atoms with Gasteiger partial charge in [0.15, 0.2) is 0 Å². The van der Waals surface area contributed by atoms with E-state index in [4.69, 9.17) is 0 Å². The molecule has 0 atom stereocenters. The highest BCUT2D eigenvalue weighted by Gasteiger charge is 2.17. The first-order chi connectivity index (χ1) is 9.36. The number of rotatable bonds is 4. The molecule has 106 valence electrons. The zero-order valence-electron chi connectivity index (χ0n) is 10.8. The van der Waals surface area contributed by atoms with Crippen molar-refractivity contribution in [3.63, 3.8) is 0 Å². The maximum absolute atomic E-state index is 12.9. The predicted molar refractivity (Wildman–Crippen MR) is 73.8 cm³/mol. The number of benzene rings is 2. The lowest BCUT2D eigenvalue weighted by molar-refractivity contribution is 0.595. The Bertz CT molecular complexity index is 682. The van der Waals surface area contributed by atoms with Crippen molar-refractivity contribution < 1.29 is 17.2 Å². The Morgan fingerprint density at radius 2 is 1.35 bits per heavy atom. The Hall–Kier alpha value is -1.95. The van der Waals surface area contributed by atoms with Crippen LogP contribution in [0.5, 0.6) is 0 Å². The van der Waals surface area contributed by atoms with Crippen LogP contribution in [0.4, 0.5) is 14.5 Å². The molecule has 3 nitrogen and oxygen atoms in total. The Labute approximate surface area is 116 Å². The summed E-state index contributed by atoms with van der Waals surface area (Å²) < 4.78 is 50.6. The lowest BCUT2D eigenvalue weighted by Gasteiger charge is -2.22. The van der Waals surface area contributed by atoms with E-state index in [2.05, 4.69) is 0 Å². The Balaban J connectivity index is 2.34. The van der Waals surface area contributed by atoms with Gasteiger partial charge in [0.1, 0.15) is 11.6 Å². The van der Waals surface area contributed by atoms with Gasteiger partial charge in [-0.1, -0.05) is 12.1 Å². The summed E-state index contributed by atoms with van der Waals surface area (Å²) in [6.45, 7) is 0.0603. The molecule has 0 radical (unpaired) electrons. The summed E-state index contributed by atoms with van der Waals surface area (Å²) in [6.07, 6.45) is 1.07. The number of halogens is 2.